The van der Waals surface area contributed by atoms with Gasteiger partial charge in [0.25, 0.3) is 0 Å². The lowest BCUT2D eigenvalue weighted by atomic mass is 9.74. The molecule has 0 bridgehead atoms. The molecule has 0 fully saturated rings. The van der Waals surface area contributed by atoms with Crippen LogP contribution in [0.3, 0.4) is 0 Å². The second-order valence-electron chi connectivity index (χ2n) is 4.38. The van der Waals surface area contributed by atoms with Crippen molar-refractivity contribution in [3.63, 3.8) is 0 Å². The maximum atomic E-state index is 4.55. The van der Waals surface area contributed by atoms with Crippen molar-refractivity contribution >= 4 is 6.08 Å². The van der Waals surface area contributed by atoms with Gasteiger partial charge in [0.05, 0.1) is 12.7 Å². The van der Waals surface area contributed by atoms with Crippen molar-refractivity contribution in [2.24, 2.45) is 16.3 Å². The lowest BCUT2D eigenvalue weighted by Crippen LogP contribution is -2.39. The molecule has 1 aliphatic heterocycles. The molecule has 0 aliphatic carbocycles. The van der Waals surface area contributed by atoms with Gasteiger partial charge >= 0.3 is 0 Å². The van der Waals surface area contributed by atoms with Crippen LogP contribution in [0.25, 0.3) is 6.08 Å². The smallest absolute Gasteiger partial charge is 0.150 e. The molecule has 1 unspecified atom stereocenters. The average Bonchev–Trinajstić information content (AvgIpc) is 2.63. The highest BCUT2D eigenvalue weighted by molar-refractivity contribution is 5.33. The van der Waals surface area contributed by atoms with E-state index in [0.717, 1.165) is 23.7 Å². The molecule has 1 aliphatic rings. The SMILES string of the molecule is CCC1(C(C)C)C=c2cn[nH]c2=NC1. The quantitative estimate of drug-likeness (QED) is 0.740. The summed E-state index contributed by atoms with van der Waals surface area (Å²) in [6.07, 6.45) is 5.34. The van der Waals surface area contributed by atoms with Gasteiger partial charge in [-0.05, 0) is 12.3 Å². The van der Waals surface area contributed by atoms with Crippen LogP contribution in [-0.2, 0) is 0 Å². The molecule has 0 saturated carbocycles. The summed E-state index contributed by atoms with van der Waals surface area (Å²) >= 11 is 0. The van der Waals surface area contributed by atoms with Gasteiger partial charge in [0, 0.05) is 10.6 Å². The number of hydrogen-bond acceptors (Lipinski definition) is 2. The molecule has 1 aromatic heterocycles. The van der Waals surface area contributed by atoms with Crippen molar-refractivity contribution in [1.82, 2.24) is 10.2 Å². The number of nitrogens with zero attached hydrogens (tertiary/aromatic N) is 2. The number of fused-ring (bicyclic) bond motifs is 1. The summed E-state index contributed by atoms with van der Waals surface area (Å²) in [5.41, 5.74) is 1.17. The third-order valence-corrected chi connectivity index (χ3v) is 3.43. The monoisotopic (exact) mass is 191 g/mol. The molecular weight excluding hydrogens is 174 g/mol. The van der Waals surface area contributed by atoms with E-state index in [1.807, 2.05) is 6.20 Å². The molecule has 0 radical (unpaired) electrons. The van der Waals surface area contributed by atoms with Crippen LogP contribution in [0, 0.1) is 11.3 Å². The zero-order valence-electron chi connectivity index (χ0n) is 9.04. The molecule has 0 amide bonds. The summed E-state index contributed by atoms with van der Waals surface area (Å²) in [4.78, 5) is 4.55. The van der Waals surface area contributed by atoms with Crippen molar-refractivity contribution in [1.29, 1.82) is 0 Å². The van der Waals surface area contributed by atoms with Crippen molar-refractivity contribution in [2.75, 3.05) is 6.54 Å². The highest BCUT2D eigenvalue weighted by atomic mass is 15.1. The number of H-pyrrole nitrogens is 1. The molecule has 3 nitrogen and oxygen atoms in total. The Bertz CT molecular complexity index is 430. The van der Waals surface area contributed by atoms with E-state index >= 15 is 0 Å². The van der Waals surface area contributed by atoms with Crippen LogP contribution in [0.15, 0.2) is 11.2 Å². The molecule has 3 heteroatoms. The fourth-order valence-corrected chi connectivity index (χ4v) is 2.07. The van der Waals surface area contributed by atoms with Crippen LogP contribution in [0.1, 0.15) is 27.2 Å². The maximum Gasteiger partial charge on any atom is 0.150 e. The van der Waals surface area contributed by atoms with E-state index in [1.165, 1.54) is 0 Å². The number of aromatic nitrogens is 2. The molecule has 14 heavy (non-hydrogen) atoms. The summed E-state index contributed by atoms with van der Waals surface area (Å²) in [6, 6.07) is 0. The van der Waals surface area contributed by atoms with Crippen molar-refractivity contribution in [3.8, 4) is 0 Å². The molecule has 0 spiro atoms. The van der Waals surface area contributed by atoms with Gasteiger partial charge in [-0.15, -0.1) is 0 Å². The first-order valence-corrected chi connectivity index (χ1v) is 5.25. The summed E-state index contributed by atoms with van der Waals surface area (Å²) in [5, 5.41) is 8.08. The number of aromatic amines is 1. The zero-order chi connectivity index (χ0) is 10.2. The van der Waals surface area contributed by atoms with Gasteiger partial charge in [-0.3, -0.25) is 10.1 Å². The van der Waals surface area contributed by atoms with Gasteiger partial charge in [-0.2, -0.15) is 5.10 Å². The number of hydrogen-bond donors (Lipinski definition) is 1. The molecule has 1 N–H and O–H groups in total. The van der Waals surface area contributed by atoms with Gasteiger partial charge < -0.3 is 0 Å². The van der Waals surface area contributed by atoms with Crippen LogP contribution in [0.2, 0.25) is 0 Å². The predicted octanol–water partition coefficient (Wildman–Crippen LogP) is 0.876. The molecule has 1 atom stereocenters. The van der Waals surface area contributed by atoms with Gasteiger partial charge in [0.15, 0.2) is 0 Å². The number of rotatable bonds is 2. The van der Waals surface area contributed by atoms with Crippen LogP contribution in [0.4, 0.5) is 0 Å². The Kier molecular flexibility index (Phi) is 2.17. The normalized spacial score (nSPS) is 25.4. The lowest BCUT2D eigenvalue weighted by molar-refractivity contribution is 0.284. The lowest BCUT2D eigenvalue weighted by Gasteiger charge is -2.33. The van der Waals surface area contributed by atoms with E-state index in [4.69, 9.17) is 0 Å². The Morgan fingerprint density at radius 2 is 2.36 bits per heavy atom. The van der Waals surface area contributed by atoms with Crippen molar-refractivity contribution in [2.45, 2.75) is 27.2 Å². The van der Waals surface area contributed by atoms with E-state index < -0.39 is 0 Å². The average molecular weight is 191 g/mol. The summed E-state index contributed by atoms with van der Waals surface area (Å²) in [7, 11) is 0. The summed E-state index contributed by atoms with van der Waals surface area (Å²) in [6.45, 7) is 7.65. The number of nitrogens with one attached hydrogen (secondary N) is 1. The van der Waals surface area contributed by atoms with Gasteiger partial charge in [-0.1, -0.05) is 26.8 Å². The maximum absolute atomic E-state index is 4.55. The van der Waals surface area contributed by atoms with Gasteiger partial charge in [-0.25, -0.2) is 0 Å². The standard InChI is InChI=1S/C11H17N3/c1-4-11(8(2)3)5-9-6-13-14-10(9)12-7-11/h5-6,8H,4,7H2,1-3H3,(H,12,14). The topological polar surface area (TPSA) is 41.0 Å². The van der Waals surface area contributed by atoms with Gasteiger partial charge in [0.2, 0.25) is 0 Å². The Balaban J connectivity index is 2.54. The molecule has 2 rings (SSSR count). The van der Waals surface area contributed by atoms with Gasteiger partial charge in [0.1, 0.15) is 5.49 Å². The second kappa shape index (κ2) is 3.23. The zero-order valence-corrected chi connectivity index (χ0v) is 9.04. The van der Waals surface area contributed by atoms with Crippen molar-refractivity contribution in [3.05, 3.63) is 16.9 Å². The summed E-state index contributed by atoms with van der Waals surface area (Å²) < 4.78 is 0. The Morgan fingerprint density at radius 1 is 1.57 bits per heavy atom. The van der Waals surface area contributed by atoms with Crippen molar-refractivity contribution < 1.29 is 0 Å². The minimum absolute atomic E-state index is 0.233. The van der Waals surface area contributed by atoms with E-state index in [0.29, 0.717) is 5.92 Å². The van der Waals surface area contributed by atoms with Crippen LogP contribution in [-0.4, -0.2) is 16.7 Å². The molecule has 0 aromatic carbocycles. The third-order valence-electron chi connectivity index (χ3n) is 3.43. The first kappa shape index (κ1) is 9.44. The highest BCUT2D eigenvalue weighted by Crippen LogP contribution is 2.34. The molecule has 76 valence electrons. The van der Waals surface area contributed by atoms with E-state index in [9.17, 15) is 0 Å². The first-order chi connectivity index (χ1) is 6.68. The Labute approximate surface area is 83.9 Å². The van der Waals surface area contributed by atoms with E-state index in [1.54, 1.807) is 0 Å². The Hall–Kier alpha value is -1.12. The molecule has 1 aromatic rings. The fourth-order valence-electron chi connectivity index (χ4n) is 2.07. The molecule has 2 heterocycles. The van der Waals surface area contributed by atoms with E-state index in [-0.39, 0.29) is 5.41 Å². The second-order valence-corrected chi connectivity index (χ2v) is 4.38. The minimum Gasteiger partial charge on any atom is -0.266 e. The van der Waals surface area contributed by atoms with E-state index in [2.05, 4.69) is 42.0 Å². The third kappa shape index (κ3) is 1.27. The largest absolute Gasteiger partial charge is 0.266 e. The molecular formula is C11H17N3. The van der Waals surface area contributed by atoms with Crippen LogP contribution >= 0.6 is 0 Å². The highest BCUT2D eigenvalue weighted by Gasteiger charge is 2.30. The first-order valence-electron chi connectivity index (χ1n) is 5.25. The Morgan fingerprint density at radius 3 is 3.00 bits per heavy atom. The minimum atomic E-state index is 0.233. The molecule has 0 saturated heterocycles. The predicted molar refractivity (Wildman–Crippen MR) is 56.3 cm³/mol. The summed E-state index contributed by atoms with van der Waals surface area (Å²) in [5.74, 6) is 0.624. The van der Waals surface area contributed by atoms with Crippen LogP contribution < -0.4 is 10.7 Å². The fraction of sp³-hybridized carbons (Fsp3) is 0.636. The van der Waals surface area contributed by atoms with Crippen LogP contribution in [0.5, 0.6) is 0 Å².